The molecular formula is C46H38N4O4. The van der Waals surface area contributed by atoms with E-state index < -0.39 is 0 Å². The number of nitrogens with zero attached hydrogens (tertiary/aromatic N) is 2. The van der Waals surface area contributed by atoms with Crippen molar-refractivity contribution in [3.63, 3.8) is 0 Å². The molecule has 2 N–H and O–H groups in total. The lowest BCUT2D eigenvalue weighted by molar-refractivity contribution is -0.141. The molecule has 4 aromatic carbocycles. The van der Waals surface area contributed by atoms with Crippen LogP contribution in [-0.4, -0.2) is 46.1 Å². The van der Waals surface area contributed by atoms with Gasteiger partial charge in [0.25, 0.3) is 0 Å². The van der Waals surface area contributed by atoms with Crippen molar-refractivity contribution in [1.29, 1.82) is 0 Å². The summed E-state index contributed by atoms with van der Waals surface area (Å²) >= 11 is 0. The van der Waals surface area contributed by atoms with Gasteiger partial charge >= 0.3 is 11.9 Å². The molecule has 3 aromatic heterocycles. The Morgan fingerprint density at radius 3 is 1.35 bits per heavy atom. The first-order chi connectivity index (χ1) is 26.3. The minimum atomic E-state index is -0.260. The summed E-state index contributed by atoms with van der Waals surface area (Å²) in [4.78, 5) is 42.9. The fourth-order valence-corrected chi connectivity index (χ4v) is 8.18. The Balaban J connectivity index is 1.44. The highest BCUT2D eigenvalue weighted by atomic mass is 16.5. The number of ether oxygens (including phenoxy) is 2. The van der Waals surface area contributed by atoms with E-state index in [0.29, 0.717) is 12.8 Å². The molecule has 0 saturated heterocycles. The van der Waals surface area contributed by atoms with Gasteiger partial charge in [-0.25, -0.2) is 9.97 Å². The van der Waals surface area contributed by atoms with Crippen LogP contribution in [0.5, 0.6) is 0 Å². The number of carbonyl (C=O) groups is 2. The van der Waals surface area contributed by atoms with Gasteiger partial charge in [0.05, 0.1) is 37.0 Å². The number of allylic oxidation sites excluding steroid dienone is 4. The van der Waals surface area contributed by atoms with Gasteiger partial charge in [-0.1, -0.05) is 72.8 Å². The van der Waals surface area contributed by atoms with E-state index in [9.17, 15) is 9.59 Å². The minimum Gasteiger partial charge on any atom is -0.469 e. The van der Waals surface area contributed by atoms with Crippen molar-refractivity contribution in [1.82, 2.24) is 19.9 Å². The first-order valence-corrected chi connectivity index (χ1v) is 18.2. The van der Waals surface area contributed by atoms with E-state index in [0.717, 1.165) is 110 Å². The van der Waals surface area contributed by atoms with Crippen LogP contribution in [0, 0.1) is 0 Å². The van der Waals surface area contributed by atoms with Crippen molar-refractivity contribution >= 4 is 99.4 Å². The Kier molecular flexibility index (Phi) is 8.11. The highest BCUT2D eigenvalue weighted by molar-refractivity contribution is 6.22. The van der Waals surface area contributed by atoms with Gasteiger partial charge in [-0.3, -0.25) is 9.59 Å². The van der Waals surface area contributed by atoms with Crippen LogP contribution in [0.4, 0.5) is 0 Å². The van der Waals surface area contributed by atoms with E-state index in [1.807, 2.05) is 0 Å². The summed E-state index contributed by atoms with van der Waals surface area (Å²) in [5, 5.41) is 8.81. The number of carbonyl (C=O) groups excluding carboxylic acids is 2. The van der Waals surface area contributed by atoms with Crippen molar-refractivity contribution in [2.24, 2.45) is 0 Å². The van der Waals surface area contributed by atoms with Crippen molar-refractivity contribution < 1.29 is 19.1 Å². The number of methoxy groups -OCH3 is 2. The van der Waals surface area contributed by atoms with Gasteiger partial charge in [0.15, 0.2) is 0 Å². The number of rotatable bonds is 6. The predicted octanol–water partition coefficient (Wildman–Crippen LogP) is 10.7. The first-order valence-electron chi connectivity index (χ1n) is 18.2. The molecule has 8 nitrogen and oxygen atoms in total. The molecular weight excluding hydrogens is 673 g/mol. The third-order valence-corrected chi connectivity index (χ3v) is 11.0. The number of benzene rings is 4. The number of aromatic nitrogens is 4. The zero-order chi connectivity index (χ0) is 37.1. The quantitative estimate of drug-likeness (QED) is 0.166. The van der Waals surface area contributed by atoms with Crippen molar-refractivity contribution in [3.8, 4) is 0 Å². The van der Waals surface area contributed by atoms with Crippen LogP contribution in [0.2, 0.25) is 0 Å². The molecule has 266 valence electrons. The fourth-order valence-electron chi connectivity index (χ4n) is 8.18. The van der Waals surface area contributed by atoms with Crippen LogP contribution in [0.1, 0.15) is 62.3 Å². The molecule has 2 aliphatic rings. The molecule has 8 heteroatoms. The average molecular weight is 711 g/mol. The van der Waals surface area contributed by atoms with Crippen LogP contribution >= 0.6 is 0 Å². The first kappa shape index (κ1) is 33.3. The van der Waals surface area contributed by atoms with Crippen LogP contribution in [-0.2, 0) is 19.1 Å². The fraction of sp³-hybridized carbons (Fsp3) is 0.174. The summed E-state index contributed by atoms with van der Waals surface area (Å²) in [7, 11) is 2.85. The number of hydrogen-bond acceptors (Lipinski definition) is 6. The second-order valence-electron chi connectivity index (χ2n) is 14.0. The number of hydrogen-bond donors (Lipinski definition) is 2. The van der Waals surface area contributed by atoms with E-state index in [-0.39, 0.29) is 24.8 Å². The highest BCUT2D eigenvalue weighted by Crippen LogP contribution is 2.40. The summed E-state index contributed by atoms with van der Waals surface area (Å²) in [6.07, 6.45) is 1.48. The van der Waals surface area contributed by atoms with Gasteiger partial charge in [0, 0.05) is 56.5 Å². The zero-order valence-electron chi connectivity index (χ0n) is 30.6. The molecule has 8 bridgehead atoms. The van der Waals surface area contributed by atoms with Gasteiger partial charge in [-0.05, 0) is 94.8 Å². The molecule has 2 aliphatic heterocycles. The van der Waals surface area contributed by atoms with Gasteiger partial charge in [-0.15, -0.1) is 0 Å². The SMILES string of the molecule is COC(=O)CCC1=C(C)c2cc3[nH]c(cc4nc(cc5[nH]c(cc1n2)c1ccc2ccccc2c51)C(C)=C4CCC(=O)OC)c1ccc2ccccc2c31. The zero-order valence-corrected chi connectivity index (χ0v) is 30.6. The normalized spacial score (nSPS) is 13.1. The number of esters is 2. The minimum absolute atomic E-state index is 0.246. The van der Waals surface area contributed by atoms with E-state index in [4.69, 9.17) is 19.4 Å². The van der Waals surface area contributed by atoms with Gasteiger partial charge in [0.1, 0.15) is 0 Å². The molecule has 54 heavy (non-hydrogen) atoms. The van der Waals surface area contributed by atoms with Crippen LogP contribution in [0.15, 0.2) is 97.1 Å². The number of fused-ring (bicyclic) bond motifs is 18. The van der Waals surface area contributed by atoms with E-state index in [2.05, 4.69) is 121 Å². The molecule has 5 heterocycles. The highest BCUT2D eigenvalue weighted by Gasteiger charge is 2.22. The monoisotopic (exact) mass is 710 g/mol. The Labute approximate surface area is 311 Å². The maximum atomic E-state index is 12.4. The summed E-state index contributed by atoms with van der Waals surface area (Å²) in [5.41, 5.74) is 11.0. The van der Waals surface area contributed by atoms with Crippen LogP contribution < -0.4 is 0 Å². The third kappa shape index (κ3) is 5.53. The smallest absolute Gasteiger partial charge is 0.305 e. The molecule has 0 amide bonds. The summed E-state index contributed by atoms with van der Waals surface area (Å²) in [5.74, 6) is -0.521. The Morgan fingerprint density at radius 2 is 0.926 bits per heavy atom. The van der Waals surface area contributed by atoms with E-state index >= 15 is 0 Å². The standard InChI is InChI=1S/C46H38N4O4/c1-25-29(17-19-43(51)53-3)37-23-39-33-15-13-28-10-6-8-12-32(28)46(33)42(50-39)22-36-26(2)30(18-20-44(52)54-4)38(48-36)24-40-34-16-14-27-9-5-7-11-31(27)45(34)41(49-40)21-35(25)47-37/h5-16,21-24,49-50H,17-20H2,1-4H3. The van der Waals surface area contributed by atoms with Gasteiger partial charge in [0.2, 0.25) is 0 Å². The molecule has 0 fully saturated rings. The summed E-state index contributed by atoms with van der Waals surface area (Å²) < 4.78 is 10.1. The van der Waals surface area contributed by atoms with Crippen molar-refractivity contribution in [3.05, 3.63) is 120 Å². The summed E-state index contributed by atoms with van der Waals surface area (Å²) in [6.45, 7) is 4.16. The Bertz CT molecular complexity index is 2780. The maximum Gasteiger partial charge on any atom is 0.305 e. The topological polar surface area (TPSA) is 110 Å². The molecule has 7 aromatic rings. The molecule has 0 spiro atoms. The Morgan fingerprint density at radius 1 is 0.519 bits per heavy atom. The molecule has 0 unspecified atom stereocenters. The van der Waals surface area contributed by atoms with Crippen molar-refractivity contribution in [2.45, 2.75) is 39.5 Å². The lowest BCUT2D eigenvalue weighted by Crippen LogP contribution is -2.00. The number of nitrogens with one attached hydrogen (secondary N) is 2. The molecule has 9 rings (SSSR count). The predicted molar refractivity (Wildman–Crippen MR) is 219 cm³/mol. The lowest BCUT2D eigenvalue weighted by atomic mass is 9.99. The second-order valence-corrected chi connectivity index (χ2v) is 14.0. The maximum absolute atomic E-state index is 12.4. The Hall–Kier alpha value is -6.54. The van der Waals surface area contributed by atoms with Crippen LogP contribution in [0.3, 0.4) is 0 Å². The average Bonchev–Trinajstić information content (AvgIpc) is 3.90. The second kappa shape index (κ2) is 13.1. The molecule has 0 saturated carbocycles. The van der Waals surface area contributed by atoms with E-state index in [1.54, 1.807) is 0 Å². The third-order valence-electron chi connectivity index (χ3n) is 11.0. The lowest BCUT2D eigenvalue weighted by Gasteiger charge is -2.04. The molecule has 0 aliphatic carbocycles. The van der Waals surface area contributed by atoms with Crippen molar-refractivity contribution in [2.75, 3.05) is 14.2 Å². The molecule has 0 radical (unpaired) electrons. The van der Waals surface area contributed by atoms with Crippen LogP contribution in [0.25, 0.3) is 87.4 Å². The van der Waals surface area contributed by atoms with Gasteiger partial charge < -0.3 is 19.4 Å². The van der Waals surface area contributed by atoms with E-state index in [1.165, 1.54) is 14.2 Å². The molecule has 0 atom stereocenters. The van der Waals surface area contributed by atoms with Gasteiger partial charge in [-0.2, -0.15) is 0 Å². The largest absolute Gasteiger partial charge is 0.469 e. The number of aromatic amines is 2. The summed E-state index contributed by atoms with van der Waals surface area (Å²) in [6, 6.07) is 33.9. The number of H-pyrrole nitrogens is 2.